The van der Waals surface area contributed by atoms with E-state index in [1.54, 1.807) is 18.5 Å². The second kappa shape index (κ2) is 4.21. The minimum Gasteiger partial charge on any atom is -0.344 e. The summed E-state index contributed by atoms with van der Waals surface area (Å²) in [5.41, 5.74) is 0.826. The highest BCUT2D eigenvalue weighted by atomic mass is 79.9. The maximum absolute atomic E-state index is 12.7. The van der Waals surface area contributed by atoms with E-state index in [0.29, 0.717) is 11.0 Å². The molecule has 1 amide bonds. The predicted octanol–water partition coefficient (Wildman–Crippen LogP) is 1.75. The highest BCUT2D eigenvalue weighted by Gasteiger charge is 1.99. The van der Waals surface area contributed by atoms with Crippen LogP contribution in [0.15, 0.2) is 22.7 Å². The third-order valence-corrected chi connectivity index (χ3v) is 1.96. The van der Waals surface area contributed by atoms with Gasteiger partial charge < -0.3 is 5.32 Å². The van der Waals surface area contributed by atoms with Gasteiger partial charge in [0.1, 0.15) is 5.82 Å². The fraction of sp³-hybridized carbons (Fsp3) is 0.125. The normalized spacial score (nSPS) is 9.50. The molecule has 0 fully saturated rings. The SMILES string of the molecule is O=[C]NCc1ccc(F)c(Br)c1. The molecule has 0 bridgehead atoms. The van der Waals surface area contributed by atoms with E-state index in [1.165, 1.54) is 6.07 Å². The zero-order chi connectivity index (χ0) is 8.97. The van der Waals surface area contributed by atoms with Gasteiger partial charge in [-0.3, -0.25) is 4.79 Å². The van der Waals surface area contributed by atoms with Gasteiger partial charge in [0.25, 0.3) is 0 Å². The first kappa shape index (κ1) is 9.19. The molecule has 0 saturated heterocycles. The Bertz CT molecular complexity index is 290. The molecule has 0 spiro atoms. The van der Waals surface area contributed by atoms with Crippen molar-refractivity contribution in [3.05, 3.63) is 34.1 Å². The van der Waals surface area contributed by atoms with Gasteiger partial charge in [0.05, 0.1) is 4.47 Å². The van der Waals surface area contributed by atoms with Crippen LogP contribution in [0.1, 0.15) is 5.56 Å². The summed E-state index contributed by atoms with van der Waals surface area (Å²) in [4.78, 5) is 9.81. The standard InChI is InChI=1S/C8H6BrFNO/c9-7-3-6(4-11-5-12)1-2-8(7)10/h1-3H,4H2,(H,11,12). The van der Waals surface area contributed by atoms with Crippen molar-refractivity contribution in [2.45, 2.75) is 6.54 Å². The molecule has 12 heavy (non-hydrogen) atoms. The van der Waals surface area contributed by atoms with Crippen molar-refractivity contribution in [3.8, 4) is 0 Å². The van der Waals surface area contributed by atoms with Gasteiger partial charge in [0, 0.05) is 6.54 Å². The molecule has 2 nitrogen and oxygen atoms in total. The third kappa shape index (κ3) is 2.30. The lowest BCUT2D eigenvalue weighted by Crippen LogP contribution is -2.09. The van der Waals surface area contributed by atoms with Gasteiger partial charge >= 0.3 is 6.41 Å². The average molecular weight is 231 g/mol. The van der Waals surface area contributed by atoms with E-state index in [4.69, 9.17) is 0 Å². The Morgan fingerprint density at radius 3 is 2.92 bits per heavy atom. The van der Waals surface area contributed by atoms with Crippen molar-refractivity contribution in [2.75, 3.05) is 0 Å². The van der Waals surface area contributed by atoms with Crippen LogP contribution in [0.2, 0.25) is 0 Å². The summed E-state index contributed by atoms with van der Waals surface area (Å²) in [6.45, 7) is 0.363. The van der Waals surface area contributed by atoms with Gasteiger partial charge in [-0.1, -0.05) is 6.07 Å². The van der Waals surface area contributed by atoms with Crippen LogP contribution in [0.25, 0.3) is 0 Å². The molecule has 1 rings (SSSR count). The van der Waals surface area contributed by atoms with E-state index in [0.717, 1.165) is 5.56 Å². The molecule has 1 aromatic carbocycles. The van der Waals surface area contributed by atoms with Crippen LogP contribution in [0.3, 0.4) is 0 Å². The van der Waals surface area contributed by atoms with Crippen molar-refractivity contribution in [1.82, 2.24) is 5.32 Å². The van der Waals surface area contributed by atoms with Crippen molar-refractivity contribution >= 4 is 22.3 Å². The van der Waals surface area contributed by atoms with Crippen LogP contribution < -0.4 is 5.32 Å². The fourth-order valence-electron chi connectivity index (χ4n) is 0.788. The maximum atomic E-state index is 12.7. The molecule has 0 saturated carbocycles. The molecule has 1 radical (unpaired) electrons. The van der Waals surface area contributed by atoms with Crippen LogP contribution in [0, 0.1) is 5.82 Å². The molecule has 0 aliphatic carbocycles. The summed E-state index contributed by atoms with van der Waals surface area (Å²) in [7, 11) is 0. The molecule has 0 aromatic heterocycles. The predicted molar refractivity (Wildman–Crippen MR) is 46.6 cm³/mol. The topological polar surface area (TPSA) is 29.1 Å². The second-order valence-electron chi connectivity index (χ2n) is 2.20. The van der Waals surface area contributed by atoms with Crippen LogP contribution >= 0.6 is 15.9 Å². The fourth-order valence-corrected chi connectivity index (χ4v) is 1.21. The number of hydrogen-bond donors (Lipinski definition) is 1. The zero-order valence-electron chi connectivity index (χ0n) is 6.10. The maximum Gasteiger partial charge on any atom is 0.309 e. The third-order valence-electron chi connectivity index (χ3n) is 1.35. The molecule has 1 N–H and O–H groups in total. The zero-order valence-corrected chi connectivity index (χ0v) is 7.69. The van der Waals surface area contributed by atoms with Gasteiger partial charge in [-0.25, -0.2) is 4.39 Å². The number of amides is 1. The first-order valence-corrected chi connectivity index (χ1v) is 4.07. The lowest BCUT2D eigenvalue weighted by atomic mass is 10.2. The number of nitrogens with one attached hydrogen (secondary N) is 1. The second-order valence-corrected chi connectivity index (χ2v) is 3.06. The van der Waals surface area contributed by atoms with Gasteiger partial charge in [0.15, 0.2) is 0 Å². The summed E-state index contributed by atoms with van der Waals surface area (Å²) in [6.07, 6.45) is 1.54. The summed E-state index contributed by atoms with van der Waals surface area (Å²) >= 11 is 3.04. The quantitative estimate of drug-likeness (QED) is 0.788. The van der Waals surface area contributed by atoms with Crippen molar-refractivity contribution in [1.29, 1.82) is 0 Å². The first-order chi connectivity index (χ1) is 5.74. The van der Waals surface area contributed by atoms with Crippen LogP contribution in [-0.4, -0.2) is 6.41 Å². The molecule has 1 aromatic rings. The van der Waals surface area contributed by atoms with Crippen molar-refractivity contribution < 1.29 is 9.18 Å². The van der Waals surface area contributed by atoms with E-state index in [1.807, 2.05) is 0 Å². The van der Waals surface area contributed by atoms with Crippen LogP contribution in [0.5, 0.6) is 0 Å². The Balaban J connectivity index is 2.75. The Hall–Kier alpha value is -0.900. The Morgan fingerprint density at radius 1 is 1.58 bits per heavy atom. The Labute approximate surface area is 77.9 Å². The summed E-state index contributed by atoms with van der Waals surface area (Å²) in [6, 6.07) is 4.55. The molecule has 0 atom stereocenters. The average Bonchev–Trinajstić information content (AvgIpc) is 2.07. The van der Waals surface area contributed by atoms with Gasteiger partial charge in [-0.15, -0.1) is 0 Å². The number of benzene rings is 1. The summed E-state index contributed by atoms with van der Waals surface area (Å²) in [5, 5.41) is 2.36. The molecule has 0 aliphatic heterocycles. The van der Waals surface area contributed by atoms with E-state index in [9.17, 15) is 9.18 Å². The number of halogens is 2. The summed E-state index contributed by atoms with van der Waals surface area (Å²) < 4.78 is 13.1. The highest BCUT2D eigenvalue weighted by molar-refractivity contribution is 9.10. The van der Waals surface area contributed by atoms with Crippen molar-refractivity contribution in [2.24, 2.45) is 0 Å². The van der Waals surface area contributed by atoms with Crippen molar-refractivity contribution in [3.63, 3.8) is 0 Å². The molecule has 0 aliphatic rings. The monoisotopic (exact) mass is 230 g/mol. The Kier molecular flexibility index (Phi) is 3.22. The highest BCUT2D eigenvalue weighted by Crippen LogP contribution is 2.16. The summed E-state index contributed by atoms with van der Waals surface area (Å²) in [5.74, 6) is -0.311. The molecule has 4 heteroatoms. The molecule has 0 heterocycles. The minimum atomic E-state index is -0.311. The molecular formula is C8H6BrFNO. The van der Waals surface area contributed by atoms with E-state index in [-0.39, 0.29) is 5.82 Å². The molecule has 63 valence electrons. The van der Waals surface area contributed by atoms with E-state index in [2.05, 4.69) is 21.2 Å². The van der Waals surface area contributed by atoms with Gasteiger partial charge in [-0.05, 0) is 33.6 Å². The Morgan fingerprint density at radius 2 is 2.33 bits per heavy atom. The first-order valence-electron chi connectivity index (χ1n) is 3.28. The molecular weight excluding hydrogens is 225 g/mol. The smallest absolute Gasteiger partial charge is 0.309 e. The van der Waals surface area contributed by atoms with Crippen LogP contribution in [-0.2, 0) is 11.3 Å². The lowest BCUT2D eigenvalue weighted by molar-refractivity contribution is 0.542. The number of rotatable bonds is 3. The van der Waals surface area contributed by atoms with Gasteiger partial charge in [0.2, 0.25) is 0 Å². The largest absolute Gasteiger partial charge is 0.344 e. The lowest BCUT2D eigenvalue weighted by Gasteiger charge is -2.00. The minimum absolute atomic E-state index is 0.311. The number of carbonyl (C=O) groups excluding carboxylic acids is 1. The van der Waals surface area contributed by atoms with E-state index >= 15 is 0 Å². The van der Waals surface area contributed by atoms with Gasteiger partial charge in [-0.2, -0.15) is 0 Å². The van der Waals surface area contributed by atoms with E-state index < -0.39 is 0 Å². The molecule has 0 unspecified atom stereocenters. The van der Waals surface area contributed by atoms with Crippen LogP contribution in [0.4, 0.5) is 4.39 Å². The number of hydrogen-bond acceptors (Lipinski definition) is 1.